The van der Waals surface area contributed by atoms with Gasteiger partial charge in [0.1, 0.15) is 0 Å². The molecule has 0 saturated carbocycles. The quantitative estimate of drug-likeness (QED) is 0.648. The lowest BCUT2D eigenvalue weighted by Crippen LogP contribution is -1.94. The van der Waals surface area contributed by atoms with E-state index in [0.717, 1.165) is 11.3 Å². The Morgan fingerprint density at radius 2 is 1.82 bits per heavy atom. The summed E-state index contributed by atoms with van der Waals surface area (Å²) in [6.45, 7) is 4.00. The molecule has 1 aromatic rings. The van der Waals surface area contributed by atoms with Crippen molar-refractivity contribution in [2.75, 3.05) is 0 Å². The first kappa shape index (κ1) is 7.86. The van der Waals surface area contributed by atoms with Gasteiger partial charge in [0, 0.05) is 5.70 Å². The van der Waals surface area contributed by atoms with Crippen molar-refractivity contribution >= 4 is 5.70 Å². The molecule has 0 spiro atoms. The minimum atomic E-state index is 0.838. The standard InChI is InChI=1S/C10H13N/c1-3-10(11)9-6-4-8(2)5-7-9/h3-7H,11H2,1-2H3/b10-3-. The van der Waals surface area contributed by atoms with E-state index in [1.807, 2.05) is 25.1 Å². The van der Waals surface area contributed by atoms with E-state index in [4.69, 9.17) is 5.73 Å². The molecule has 0 aromatic heterocycles. The van der Waals surface area contributed by atoms with E-state index >= 15 is 0 Å². The van der Waals surface area contributed by atoms with Gasteiger partial charge in [0.15, 0.2) is 0 Å². The van der Waals surface area contributed by atoms with Crippen LogP contribution in [-0.4, -0.2) is 0 Å². The molecule has 0 amide bonds. The molecule has 0 aliphatic carbocycles. The lowest BCUT2D eigenvalue weighted by molar-refractivity contribution is 1.42. The molecular weight excluding hydrogens is 134 g/mol. The number of nitrogens with two attached hydrogens (primary N) is 1. The van der Waals surface area contributed by atoms with Gasteiger partial charge >= 0.3 is 0 Å². The summed E-state index contributed by atoms with van der Waals surface area (Å²) in [7, 11) is 0. The summed E-state index contributed by atoms with van der Waals surface area (Å²) < 4.78 is 0. The molecule has 1 nitrogen and oxygen atoms in total. The molecule has 0 radical (unpaired) electrons. The zero-order valence-corrected chi connectivity index (χ0v) is 6.96. The summed E-state index contributed by atoms with van der Waals surface area (Å²) >= 11 is 0. The van der Waals surface area contributed by atoms with E-state index in [0.29, 0.717) is 0 Å². The molecule has 0 saturated heterocycles. The second-order valence-corrected chi connectivity index (χ2v) is 2.61. The number of benzene rings is 1. The maximum absolute atomic E-state index is 5.71. The van der Waals surface area contributed by atoms with Gasteiger partial charge < -0.3 is 5.73 Å². The Bertz CT molecular complexity index is 257. The molecule has 1 heteroatoms. The molecule has 0 aliphatic heterocycles. The first-order chi connectivity index (χ1) is 5.24. The minimum Gasteiger partial charge on any atom is -0.399 e. The molecular formula is C10H13N. The van der Waals surface area contributed by atoms with Gasteiger partial charge in [0.25, 0.3) is 0 Å². The molecule has 0 bridgehead atoms. The molecule has 1 rings (SSSR count). The van der Waals surface area contributed by atoms with Crippen LogP contribution >= 0.6 is 0 Å². The van der Waals surface area contributed by atoms with Crippen LogP contribution in [0.25, 0.3) is 5.70 Å². The molecule has 0 unspecified atom stereocenters. The van der Waals surface area contributed by atoms with Crippen LogP contribution in [0.2, 0.25) is 0 Å². The third-order valence-electron chi connectivity index (χ3n) is 1.70. The van der Waals surface area contributed by atoms with Crippen molar-refractivity contribution in [3.63, 3.8) is 0 Å². The monoisotopic (exact) mass is 147 g/mol. The van der Waals surface area contributed by atoms with Gasteiger partial charge in [-0.3, -0.25) is 0 Å². The summed E-state index contributed by atoms with van der Waals surface area (Å²) in [6.07, 6.45) is 1.91. The molecule has 0 atom stereocenters. The third-order valence-corrected chi connectivity index (χ3v) is 1.70. The predicted octanol–water partition coefficient (Wildman–Crippen LogP) is 2.31. The SMILES string of the molecule is C/C=C(\N)c1ccc(C)cc1. The lowest BCUT2D eigenvalue weighted by Gasteiger charge is -1.99. The maximum Gasteiger partial charge on any atom is 0.0344 e. The van der Waals surface area contributed by atoms with Crippen LogP contribution < -0.4 is 5.73 Å². The first-order valence-corrected chi connectivity index (χ1v) is 3.73. The molecule has 0 fully saturated rings. The number of hydrogen-bond acceptors (Lipinski definition) is 1. The largest absolute Gasteiger partial charge is 0.399 e. The lowest BCUT2D eigenvalue weighted by atomic mass is 10.1. The van der Waals surface area contributed by atoms with Crippen molar-refractivity contribution in [3.05, 3.63) is 41.5 Å². The van der Waals surface area contributed by atoms with Gasteiger partial charge in [-0.15, -0.1) is 0 Å². The Hall–Kier alpha value is -1.24. The van der Waals surface area contributed by atoms with Crippen LogP contribution in [0.1, 0.15) is 18.1 Å². The second kappa shape index (κ2) is 3.24. The topological polar surface area (TPSA) is 26.0 Å². The Morgan fingerprint density at radius 1 is 1.27 bits per heavy atom. The fourth-order valence-corrected chi connectivity index (χ4v) is 0.913. The average Bonchev–Trinajstić information content (AvgIpc) is 2.05. The fourth-order valence-electron chi connectivity index (χ4n) is 0.913. The Labute approximate surface area is 67.5 Å². The van der Waals surface area contributed by atoms with Crippen LogP contribution in [0, 0.1) is 6.92 Å². The van der Waals surface area contributed by atoms with Gasteiger partial charge in [0.2, 0.25) is 0 Å². The summed E-state index contributed by atoms with van der Waals surface area (Å²) in [5.74, 6) is 0. The fraction of sp³-hybridized carbons (Fsp3) is 0.200. The summed E-state index contributed by atoms with van der Waals surface area (Å²) in [5, 5.41) is 0. The number of rotatable bonds is 1. The van der Waals surface area contributed by atoms with E-state index in [9.17, 15) is 0 Å². The van der Waals surface area contributed by atoms with Gasteiger partial charge in [-0.2, -0.15) is 0 Å². The van der Waals surface area contributed by atoms with Crippen LogP contribution in [0.3, 0.4) is 0 Å². The smallest absolute Gasteiger partial charge is 0.0344 e. The highest BCUT2D eigenvalue weighted by Crippen LogP contribution is 2.09. The average molecular weight is 147 g/mol. The van der Waals surface area contributed by atoms with Gasteiger partial charge in [-0.05, 0) is 19.4 Å². The van der Waals surface area contributed by atoms with Crippen molar-refractivity contribution in [2.45, 2.75) is 13.8 Å². The summed E-state index contributed by atoms with van der Waals surface area (Å²) in [4.78, 5) is 0. The van der Waals surface area contributed by atoms with E-state index in [1.54, 1.807) is 0 Å². The Kier molecular flexibility index (Phi) is 2.32. The van der Waals surface area contributed by atoms with Crippen molar-refractivity contribution in [2.24, 2.45) is 5.73 Å². The van der Waals surface area contributed by atoms with Crippen LogP contribution in [0.15, 0.2) is 30.3 Å². The zero-order chi connectivity index (χ0) is 8.27. The molecule has 0 heterocycles. The number of aryl methyl sites for hydroxylation is 1. The maximum atomic E-state index is 5.71. The van der Waals surface area contributed by atoms with Crippen molar-refractivity contribution in [1.29, 1.82) is 0 Å². The highest BCUT2D eigenvalue weighted by Gasteiger charge is 1.92. The van der Waals surface area contributed by atoms with Gasteiger partial charge in [-0.1, -0.05) is 35.9 Å². The second-order valence-electron chi connectivity index (χ2n) is 2.61. The van der Waals surface area contributed by atoms with Crippen LogP contribution in [-0.2, 0) is 0 Å². The number of hydrogen-bond donors (Lipinski definition) is 1. The third kappa shape index (κ3) is 1.84. The predicted molar refractivity (Wildman–Crippen MR) is 49.0 cm³/mol. The van der Waals surface area contributed by atoms with Crippen LogP contribution in [0.4, 0.5) is 0 Å². The van der Waals surface area contributed by atoms with Crippen molar-refractivity contribution < 1.29 is 0 Å². The van der Waals surface area contributed by atoms with E-state index in [2.05, 4.69) is 19.1 Å². The highest BCUT2D eigenvalue weighted by molar-refractivity contribution is 5.62. The van der Waals surface area contributed by atoms with Gasteiger partial charge in [-0.25, -0.2) is 0 Å². The van der Waals surface area contributed by atoms with Crippen molar-refractivity contribution in [3.8, 4) is 0 Å². The van der Waals surface area contributed by atoms with E-state index in [1.165, 1.54) is 5.56 Å². The molecule has 11 heavy (non-hydrogen) atoms. The molecule has 58 valence electrons. The van der Waals surface area contributed by atoms with E-state index in [-0.39, 0.29) is 0 Å². The Balaban J connectivity index is 2.99. The Morgan fingerprint density at radius 3 is 2.27 bits per heavy atom. The summed E-state index contributed by atoms with van der Waals surface area (Å²) in [5.41, 5.74) is 8.90. The van der Waals surface area contributed by atoms with Crippen LogP contribution in [0.5, 0.6) is 0 Å². The molecule has 2 N–H and O–H groups in total. The number of allylic oxidation sites excluding steroid dienone is 1. The normalized spacial score (nSPS) is 11.6. The van der Waals surface area contributed by atoms with Gasteiger partial charge in [0.05, 0.1) is 0 Å². The van der Waals surface area contributed by atoms with E-state index < -0.39 is 0 Å². The zero-order valence-electron chi connectivity index (χ0n) is 6.96. The highest BCUT2D eigenvalue weighted by atomic mass is 14.6. The summed E-state index contributed by atoms with van der Waals surface area (Å²) in [6, 6.07) is 8.19. The first-order valence-electron chi connectivity index (χ1n) is 3.73. The van der Waals surface area contributed by atoms with Crippen molar-refractivity contribution in [1.82, 2.24) is 0 Å². The minimum absolute atomic E-state index is 0.838. The molecule has 1 aromatic carbocycles. The molecule has 0 aliphatic rings.